The molecule has 0 aliphatic carbocycles. The maximum Gasteiger partial charge on any atom is 0.333 e. The molecular weight excluding hydrogens is 314 g/mol. The summed E-state index contributed by atoms with van der Waals surface area (Å²) in [5, 5.41) is 1.12. The summed E-state index contributed by atoms with van der Waals surface area (Å²) in [6, 6.07) is 5.21. The van der Waals surface area contributed by atoms with Gasteiger partial charge in [0.05, 0.1) is 37.6 Å². The molecule has 1 amide bonds. The van der Waals surface area contributed by atoms with Crippen LogP contribution in [0.4, 0.5) is 0 Å². The third-order valence-electron chi connectivity index (χ3n) is 2.92. The first kappa shape index (κ1) is 15.7. The molecule has 0 unspecified atom stereocenters. The zero-order valence-corrected chi connectivity index (χ0v) is 13.2. The molecule has 112 valence electrons. The predicted molar refractivity (Wildman–Crippen MR) is 81.1 cm³/mol. The second-order valence-electron chi connectivity index (χ2n) is 4.23. The zero-order valence-electron chi connectivity index (χ0n) is 11.6. The summed E-state index contributed by atoms with van der Waals surface area (Å²) >= 11 is 7.29. The van der Waals surface area contributed by atoms with E-state index in [1.807, 2.05) is 0 Å². The SMILES string of the molecule is COC(=O)C=C1SCC(=O)N1Cc1cc(Cl)ccc1OC. The fraction of sp³-hybridized carbons (Fsp3) is 0.286. The average Bonchev–Trinajstić information content (AvgIpc) is 2.80. The molecule has 1 saturated heterocycles. The summed E-state index contributed by atoms with van der Waals surface area (Å²) < 4.78 is 9.87. The van der Waals surface area contributed by atoms with Gasteiger partial charge in [0.25, 0.3) is 0 Å². The second-order valence-corrected chi connectivity index (χ2v) is 5.66. The highest BCUT2D eigenvalue weighted by atomic mass is 35.5. The molecule has 0 saturated carbocycles. The van der Waals surface area contributed by atoms with E-state index in [1.165, 1.54) is 29.8 Å². The number of benzene rings is 1. The predicted octanol–water partition coefficient (Wildman–Crippen LogP) is 2.44. The minimum atomic E-state index is -0.491. The Hall–Kier alpha value is -1.66. The van der Waals surface area contributed by atoms with Crippen molar-refractivity contribution in [2.45, 2.75) is 6.54 Å². The molecule has 0 aromatic heterocycles. The van der Waals surface area contributed by atoms with Gasteiger partial charge in [-0.15, -0.1) is 0 Å². The van der Waals surface area contributed by atoms with Gasteiger partial charge in [-0.2, -0.15) is 0 Å². The number of ether oxygens (including phenoxy) is 2. The summed E-state index contributed by atoms with van der Waals surface area (Å²) in [4.78, 5) is 24.9. The van der Waals surface area contributed by atoms with E-state index in [-0.39, 0.29) is 5.91 Å². The Morgan fingerprint density at radius 1 is 1.48 bits per heavy atom. The summed E-state index contributed by atoms with van der Waals surface area (Å²) in [7, 11) is 2.85. The van der Waals surface area contributed by atoms with Crippen LogP contribution in [-0.4, -0.2) is 36.7 Å². The lowest BCUT2D eigenvalue weighted by Gasteiger charge is -2.18. The van der Waals surface area contributed by atoms with E-state index in [4.69, 9.17) is 16.3 Å². The molecular formula is C14H14ClNO4S. The van der Waals surface area contributed by atoms with E-state index in [9.17, 15) is 9.59 Å². The Morgan fingerprint density at radius 3 is 2.90 bits per heavy atom. The van der Waals surface area contributed by atoms with Crippen LogP contribution in [0.3, 0.4) is 0 Å². The maximum absolute atomic E-state index is 12.0. The maximum atomic E-state index is 12.0. The highest BCUT2D eigenvalue weighted by Gasteiger charge is 2.28. The highest BCUT2D eigenvalue weighted by Crippen LogP contribution is 2.33. The van der Waals surface area contributed by atoms with E-state index in [1.54, 1.807) is 25.3 Å². The van der Waals surface area contributed by atoms with Crippen LogP contribution in [0.15, 0.2) is 29.3 Å². The Morgan fingerprint density at radius 2 is 2.24 bits per heavy atom. The van der Waals surface area contributed by atoms with Gasteiger partial charge in [-0.1, -0.05) is 23.4 Å². The lowest BCUT2D eigenvalue weighted by Crippen LogP contribution is -2.24. The number of esters is 1. The Balaban J connectivity index is 2.28. The van der Waals surface area contributed by atoms with Gasteiger partial charge in [-0.3, -0.25) is 4.79 Å². The Kier molecular flexibility index (Phi) is 5.14. The normalized spacial score (nSPS) is 16.4. The topological polar surface area (TPSA) is 55.8 Å². The van der Waals surface area contributed by atoms with Gasteiger partial charge < -0.3 is 14.4 Å². The number of hydrogen-bond acceptors (Lipinski definition) is 5. The number of nitrogens with zero attached hydrogens (tertiary/aromatic N) is 1. The van der Waals surface area contributed by atoms with Gasteiger partial charge >= 0.3 is 5.97 Å². The highest BCUT2D eigenvalue weighted by molar-refractivity contribution is 8.04. The van der Waals surface area contributed by atoms with Crippen LogP contribution in [0.25, 0.3) is 0 Å². The van der Waals surface area contributed by atoms with Crippen LogP contribution in [-0.2, 0) is 20.9 Å². The Bertz CT molecular complexity index is 603. The largest absolute Gasteiger partial charge is 0.496 e. The second kappa shape index (κ2) is 6.87. The summed E-state index contributed by atoms with van der Waals surface area (Å²) in [6.45, 7) is 0.290. The minimum Gasteiger partial charge on any atom is -0.496 e. The minimum absolute atomic E-state index is 0.0721. The quantitative estimate of drug-likeness (QED) is 0.628. The first-order valence-corrected chi connectivity index (χ1v) is 7.46. The van der Waals surface area contributed by atoms with Crippen molar-refractivity contribution in [1.82, 2.24) is 4.90 Å². The molecule has 1 aliphatic rings. The summed E-state index contributed by atoms with van der Waals surface area (Å²) in [5.41, 5.74) is 0.775. The van der Waals surface area contributed by atoms with Crippen molar-refractivity contribution in [3.05, 3.63) is 39.9 Å². The summed E-state index contributed by atoms with van der Waals surface area (Å²) in [5.74, 6) is 0.375. The molecule has 1 aromatic carbocycles. The van der Waals surface area contributed by atoms with Crippen LogP contribution in [0.1, 0.15) is 5.56 Å². The lowest BCUT2D eigenvalue weighted by molar-refractivity contribution is -0.134. The average molecular weight is 328 g/mol. The van der Waals surface area contributed by atoms with E-state index in [0.717, 1.165) is 5.56 Å². The van der Waals surface area contributed by atoms with Crippen LogP contribution < -0.4 is 4.74 Å². The van der Waals surface area contributed by atoms with Crippen LogP contribution in [0, 0.1) is 0 Å². The van der Waals surface area contributed by atoms with Crippen molar-refractivity contribution >= 4 is 35.2 Å². The van der Waals surface area contributed by atoms with Gasteiger partial charge in [0.1, 0.15) is 5.75 Å². The van der Waals surface area contributed by atoms with Crippen LogP contribution in [0.2, 0.25) is 5.02 Å². The van der Waals surface area contributed by atoms with Crippen molar-refractivity contribution in [3.8, 4) is 5.75 Å². The van der Waals surface area contributed by atoms with Crippen LogP contribution in [0.5, 0.6) is 5.75 Å². The molecule has 1 aromatic rings. The van der Waals surface area contributed by atoms with Crippen molar-refractivity contribution in [3.63, 3.8) is 0 Å². The molecule has 0 radical (unpaired) electrons. The van der Waals surface area contributed by atoms with Crippen LogP contribution >= 0.6 is 23.4 Å². The molecule has 0 atom stereocenters. The lowest BCUT2D eigenvalue weighted by atomic mass is 10.2. The molecule has 1 fully saturated rings. The van der Waals surface area contributed by atoms with E-state index in [0.29, 0.717) is 28.1 Å². The van der Waals surface area contributed by atoms with Crippen molar-refractivity contribution in [2.24, 2.45) is 0 Å². The molecule has 2 rings (SSSR count). The van der Waals surface area contributed by atoms with Gasteiger partial charge in [0.15, 0.2) is 0 Å². The van der Waals surface area contributed by atoms with E-state index >= 15 is 0 Å². The number of rotatable bonds is 4. The number of hydrogen-bond donors (Lipinski definition) is 0. The molecule has 1 aliphatic heterocycles. The molecule has 7 heteroatoms. The monoisotopic (exact) mass is 327 g/mol. The molecule has 21 heavy (non-hydrogen) atoms. The van der Waals surface area contributed by atoms with Gasteiger partial charge in [0, 0.05) is 10.6 Å². The third kappa shape index (κ3) is 3.71. The number of methoxy groups -OCH3 is 2. The molecule has 0 N–H and O–H groups in total. The number of carbonyl (C=O) groups excluding carboxylic acids is 2. The third-order valence-corrected chi connectivity index (χ3v) is 4.18. The zero-order chi connectivity index (χ0) is 15.4. The van der Waals surface area contributed by atoms with Crippen molar-refractivity contribution < 1.29 is 19.1 Å². The first-order chi connectivity index (χ1) is 10.0. The van der Waals surface area contributed by atoms with Gasteiger partial charge in [-0.05, 0) is 18.2 Å². The fourth-order valence-corrected chi connectivity index (χ4v) is 3.02. The molecule has 0 bridgehead atoms. The smallest absolute Gasteiger partial charge is 0.333 e. The van der Waals surface area contributed by atoms with Gasteiger partial charge in [-0.25, -0.2) is 4.79 Å². The number of carbonyl (C=O) groups is 2. The number of thioether (sulfide) groups is 1. The van der Waals surface area contributed by atoms with Gasteiger partial charge in [0.2, 0.25) is 5.91 Å². The molecule has 0 spiro atoms. The molecule has 5 nitrogen and oxygen atoms in total. The fourth-order valence-electron chi connectivity index (χ4n) is 1.90. The van der Waals surface area contributed by atoms with E-state index in [2.05, 4.69) is 4.74 Å². The first-order valence-electron chi connectivity index (χ1n) is 6.10. The number of halogens is 1. The standard InChI is InChI=1S/C14H14ClNO4S/c1-19-11-4-3-10(15)5-9(11)7-16-12(17)8-21-13(16)6-14(18)20-2/h3-6H,7-8H2,1-2H3. The summed E-state index contributed by atoms with van der Waals surface area (Å²) in [6.07, 6.45) is 1.31. The number of amides is 1. The van der Waals surface area contributed by atoms with Crippen molar-refractivity contribution in [2.75, 3.05) is 20.0 Å². The van der Waals surface area contributed by atoms with E-state index < -0.39 is 5.97 Å². The molecule has 1 heterocycles. The van der Waals surface area contributed by atoms with Crippen molar-refractivity contribution in [1.29, 1.82) is 0 Å². The Labute approximate surface area is 131 Å².